The lowest BCUT2D eigenvalue weighted by Gasteiger charge is -1.92. The monoisotopic (exact) mass is 125 g/mol. The molecule has 0 bridgehead atoms. The highest BCUT2D eigenvalue weighted by Crippen LogP contribution is 1.92. The Morgan fingerprint density at radius 3 is 2.89 bits per heavy atom. The maximum absolute atomic E-state index is 8.02. The molecule has 2 N–H and O–H groups in total. The molecule has 3 heteroatoms. The summed E-state index contributed by atoms with van der Waals surface area (Å²) in [5.41, 5.74) is 5.30. The standard InChI is InChI=1S/C6H11N3/c1-2-3-4-6(8)9-5-7/h2-4H2,1H3,(H2,8,9). The summed E-state index contributed by atoms with van der Waals surface area (Å²) in [4.78, 5) is 3.36. The van der Waals surface area contributed by atoms with Crippen LogP contribution in [0.2, 0.25) is 0 Å². The first-order valence-electron chi connectivity index (χ1n) is 3.02. The lowest BCUT2D eigenvalue weighted by molar-refractivity contribution is 0.831. The van der Waals surface area contributed by atoms with Crippen molar-refractivity contribution in [2.24, 2.45) is 10.7 Å². The molecule has 0 fully saturated rings. The second kappa shape index (κ2) is 5.10. The van der Waals surface area contributed by atoms with Crippen LogP contribution in [-0.2, 0) is 0 Å². The van der Waals surface area contributed by atoms with Gasteiger partial charge in [0.05, 0.1) is 0 Å². The van der Waals surface area contributed by atoms with Gasteiger partial charge in [-0.15, -0.1) is 0 Å². The number of hydrogen-bond acceptors (Lipinski definition) is 2. The molecule has 0 aliphatic carbocycles. The molecule has 9 heavy (non-hydrogen) atoms. The van der Waals surface area contributed by atoms with E-state index in [1.54, 1.807) is 6.19 Å². The van der Waals surface area contributed by atoms with Gasteiger partial charge in [-0.05, 0) is 6.42 Å². The van der Waals surface area contributed by atoms with E-state index in [1.165, 1.54) is 0 Å². The van der Waals surface area contributed by atoms with Crippen molar-refractivity contribution in [3.63, 3.8) is 0 Å². The van der Waals surface area contributed by atoms with Gasteiger partial charge in [0.2, 0.25) is 6.19 Å². The molecule has 0 saturated heterocycles. The third-order valence-corrected chi connectivity index (χ3v) is 0.980. The Morgan fingerprint density at radius 2 is 2.44 bits per heavy atom. The van der Waals surface area contributed by atoms with E-state index in [1.807, 2.05) is 0 Å². The van der Waals surface area contributed by atoms with Gasteiger partial charge >= 0.3 is 0 Å². The van der Waals surface area contributed by atoms with Gasteiger partial charge in [0, 0.05) is 6.42 Å². The van der Waals surface area contributed by atoms with Crippen LogP contribution in [0.3, 0.4) is 0 Å². The third kappa shape index (κ3) is 4.82. The van der Waals surface area contributed by atoms with Crippen LogP contribution >= 0.6 is 0 Å². The van der Waals surface area contributed by atoms with E-state index in [2.05, 4.69) is 11.9 Å². The molecule has 0 heterocycles. The number of hydrogen-bond donors (Lipinski definition) is 1. The van der Waals surface area contributed by atoms with Gasteiger partial charge in [0.1, 0.15) is 5.84 Å². The summed E-state index contributed by atoms with van der Waals surface area (Å²) in [5, 5.41) is 8.02. The van der Waals surface area contributed by atoms with E-state index in [0.29, 0.717) is 5.84 Å². The number of rotatable bonds is 3. The summed E-state index contributed by atoms with van der Waals surface area (Å²) < 4.78 is 0. The molecule has 50 valence electrons. The predicted octanol–water partition coefficient (Wildman–Crippen LogP) is 1.01. The van der Waals surface area contributed by atoms with E-state index < -0.39 is 0 Å². The smallest absolute Gasteiger partial charge is 0.207 e. The highest BCUT2D eigenvalue weighted by molar-refractivity contribution is 5.80. The van der Waals surface area contributed by atoms with Crippen molar-refractivity contribution in [1.29, 1.82) is 5.26 Å². The van der Waals surface area contributed by atoms with Crippen molar-refractivity contribution in [2.45, 2.75) is 26.2 Å². The Kier molecular flexibility index (Phi) is 4.51. The van der Waals surface area contributed by atoms with Gasteiger partial charge < -0.3 is 5.73 Å². The zero-order valence-electron chi connectivity index (χ0n) is 5.59. The number of amidine groups is 1. The van der Waals surface area contributed by atoms with Crippen LogP contribution in [0, 0.1) is 11.5 Å². The molecule has 3 nitrogen and oxygen atoms in total. The lowest BCUT2D eigenvalue weighted by atomic mass is 10.2. The normalized spacial score (nSPS) is 10.9. The van der Waals surface area contributed by atoms with Crippen molar-refractivity contribution in [3.05, 3.63) is 0 Å². The second-order valence-corrected chi connectivity index (χ2v) is 1.81. The minimum Gasteiger partial charge on any atom is -0.386 e. The van der Waals surface area contributed by atoms with Crippen molar-refractivity contribution < 1.29 is 0 Å². The first-order valence-corrected chi connectivity index (χ1v) is 3.02. The van der Waals surface area contributed by atoms with Crippen LogP contribution in [0.1, 0.15) is 26.2 Å². The molecule has 0 aliphatic heterocycles. The van der Waals surface area contributed by atoms with E-state index in [4.69, 9.17) is 11.0 Å². The summed E-state index contributed by atoms with van der Waals surface area (Å²) in [6.07, 6.45) is 4.48. The highest BCUT2D eigenvalue weighted by atomic mass is 14.8. The Labute approximate surface area is 55.2 Å². The van der Waals surface area contributed by atoms with Crippen LogP contribution in [0.15, 0.2) is 4.99 Å². The summed E-state index contributed by atoms with van der Waals surface area (Å²) >= 11 is 0. The van der Waals surface area contributed by atoms with Crippen LogP contribution in [0.4, 0.5) is 0 Å². The molecule has 0 radical (unpaired) electrons. The quantitative estimate of drug-likeness (QED) is 0.347. The highest BCUT2D eigenvalue weighted by Gasteiger charge is 1.88. The number of nitriles is 1. The largest absolute Gasteiger partial charge is 0.386 e. The number of aliphatic imine (C=N–C) groups is 1. The zero-order valence-corrected chi connectivity index (χ0v) is 5.59. The van der Waals surface area contributed by atoms with Gasteiger partial charge in [-0.3, -0.25) is 0 Å². The molecule has 0 aromatic rings. The van der Waals surface area contributed by atoms with Crippen LogP contribution in [0.25, 0.3) is 0 Å². The zero-order chi connectivity index (χ0) is 7.11. The van der Waals surface area contributed by atoms with Crippen molar-refractivity contribution >= 4 is 5.84 Å². The summed E-state index contributed by atoms with van der Waals surface area (Å²) in [7, 11) is 0. The topological polar surface area (TPSA) is 62.2 Å². The van der Waals surface area contributed by atoms with Gasteiger partial charge in [-0.2, -0.15) is 10.3 Å². The van der Waals surface area contributed by atoms with Crippen LogP contribution in [-0.4, -0.2) is 5.84 Å². The van der Waals surface area contributed by atoms with Crippen molar-refractivity contribution in [3.8, 4) is 6.19 Å². The maximum atomic E-state index is 8.02. The molecule has 0 rings (SSSR count). The number of nitrogens with zero attached hydrogens (tertiary/aromatic N) is 2. The fraction of sp³-hybridized carbons (Fsp3) is 0.667. The molecule has 0 aliphatic rings. The minimum absolute atomic E-state index is 0.444. The Hall–Kier alpha value is -1.04. The Morgan fingerprint density at radius 1 is 1.78 bits per heavy atom. The Balaban J connectivity index is 3.40. The van der Waals surface area contributed by atoms with Gasteiger partial charge in [0.15, 0.2) is 0 Å². The molecule has 0 amide bonds. The fourth-order valence-electron chi connectivity index (χ4n) is 0.478. The molecule has 0 unspecified atom stereocenters. The molecule has 0 saturated carbocycles. The van der Waals surface area contributed by atoms with E-state index in [-0.39, 0.29) is 0 Å². The van der Waals surface area contributed by atoms with E-state index in [9.17, 15) is 0 Å². The van der Waals surface area contributed by atoms with E-state index in [0.717, 1.165) is 19.3 Å². The first-order chi connectivity index (χ1) is 4.31. The summed E-state index contributed by atoms with van der Waals surface area (Å²) in [6, 6.07) is 0. The van der Waals surface area contributed by atoms with Gasteiger partial charge in [-0.1, -0.05) is 13.3 Å². The Bertz CT molecular complexity index is 132. The van der Waals surface area contributed by atoms with Crippen molar-refractivity contribution in [1.82, 2.24) is 0 Å². The van der Waals surface area contributed by atoms with Crippen LogP contribution < -0.4 is 5.73 Å². The molecular formula is C6H11N3. The predicted molar refractivity (Wildman–Crippen MR) is 36.8 cm³/mol. The SMILES string of the molecule is CCCCC(N)=NC#N. The molecule has 0 aromatic carbocycles. The van der Waals surface area contributed by atoms with Crippen LogP contribution in [0.5, 0.6) is 0 Å². The lowest BCUT2D eigenvalue weighted by Crippen LogP contribution is -2.10. The fourth-order valence-corrected chi connectivity index (χ4v) is 0.478. The number of nitrogens with two attached hydrogens (primary N) is 1. The third-order valence-electron chi connectivity index (χ3n) is 0.980. The average molecular weight is 125 g/mol. The van der Waals surface area contributed by atoms with Gasteiger partial charge in [0.25, 0.3) is 0 Å². The van der Waals surface area contributed by atoms with E-state index >= 15 is 0 Å². The number of unbranched alkanes of at least 4 members (excludes halogenated alkanes) is 1. The summed E-state index contributed by atoms with van der Waals surface area (Å²) in [6.45, 7) is 2.07. The maximum Gasteiger partial charge on any atom is 0.207 e. The molecule has 0 atom stereocenters. The summed E-state index contributed by atoms with van der Waals surface area (Å²) in [5.74, 6) is 0.444. The molecule has 0 aromatic heterocycles. The molecule has 0 spiro atoms. The van der Waals surface area contributed by atoms with Crippen molar-refractivity contribution in [2.75, 3.05) is 0 Å². The molecular weight excluding hydrogens is 114 g/mol. The average Bonchev–Trinajstić information content (AvgIpc) is 1.85. The van der Waals surface area contributed by atoms with Gasteiger partial charge in [-0.25, -0.2) is 0 Å². The second-order valence-electron chi connectivity index (χ2n) is 1.81. The first kappa shape index (κ1) is 7.96. The minimum atomic E-state index is 0.444.